The molecule has 20 rings (SSSR count). The largest absolute Gasteiger partial charge is 0.278 e. The van der Waals surface area contributed by atoms with Crippen molar-refractivity contribution in [1.82, 2.24) is 29.1 Å². The normalized spacial score (nSPS) is 12.0. The van der Waals surface area contributed by atoms with Crippen LogP contribution >= 0.6 is 45.3 Å². The van der Waals surface area contributed by atoms with Crippen LogP contribution in [0.4, 0.5) is 0 Å². The molecule has 0 radical (unpaired) electrons. The van der Waals surface area contributed by atoms with Gasteiger partial charge in [0.25, 0.3) is 0 Å². The van der Waals surface area contributed by atoms with Gasteiger partial charge in [0.1, 0.15) is 0 Å². The number of aromatic nitrogens is 6. The zero-order valence-electron chi connectivity index (χ0n) is 47.9. The summed E-state index contributed by atoms with van der Waals surface area (Å²) in [5.41, 5.74) is 13.1. The summed E-state index contributed by atoms with van der Waals surface area (Å²) in [6.07, 6.45) is 1.90. The molecule has 8 heterocycles. The van der Waals surface area contributed by atoms with E-state index in [1.165, 1.54) is 113 Å². The summed E-state index contributed by atoms with van der Waals surface area (Å²) in [7, 11) is 0. The lowest BCUT2D eigenvalue weighted by molar-refractivity contribution is 0.993. The fraction of sp³-hybridized carbons (Fsp3) is 0. The fourth-order valence-electron chi connectivity index (χ4n) is 13.8. The number of hydrogen-bond acceptors (Lipinski definition) is 8. The zero-order valence-corrected chi connectivity index (χ0v) is 51.1. The van der Waals surface area contributed by atoms with Crippen LogP contribution < -0.4 is 0 Å². The molecule has 0 aliphatic heterocycles. The fourth-order valence-corrected chi connectivity index (χ4v) is 18.9. The summed E-state index contributed by atoms with van der Waals surface area (Å²) in [6.45, 7) is 0. The average Bonchev–Trinajstić information content (AvgIpc) is 1.70. The van der Waals surface area contributed by atoms with Gasteiger partial charge in [-0.2, -0.15) is 0 Å². The third-order valence-corrected chi connectivity index (χ3v) is 22.7. The van der Waals surface area contributed by atoms with E-state index in [2.05, 4.69) is 270 Å². The maximum absolute atomic E-state index is 5.38. The van der Waals surface area contributed by atoms with Crippen LogP contribution in [-0.2, 0) is 0 Å². The molecule has 12 aromatic carbocycles. The molecule has 90 heavy (non-hydrogen) atoms. The number of para-hydroxylation sites is 2. The minimum atomic E-state index is 0.677. The summed E-state index contributed by atoms with van der Waals surface area (Å²) in [5.74, 6) is 1.36. The van der Waals surface area contributed by atoms with Crippen LogP contribution in [0.1, 0.15) is 0 Å². The van der Waals surface area contributed by atoms with E-state index in [-0.39, 0.29) is 0 Å². The van der Waals surface area contributed by atoms with Crippen LogP contribution in [0, 0.1) is 0 Å². The zero-order chi connectivity index (χ0) is 59.0. The molecule has 0 atom stereocenters. The standard InChI is InChI=1S/2C40H23N3S2/c1-2-11-24(12-3-1)31-23-32(29-17-10-16-27-25-13-5-8-19-35(25)44-38(27)29)42-40(41-31)43-33-18-7-4-15-30(33)37-34(43)22-21-28-26-14-6-9-20-36(26)45-39(28)37;1-2-10-24(11-3-1)25-14-8-16-28-29-20-21-34-36(39(29)45-37(25)28)31-13-4-6-18-33(31)43(34)40-41-23-22-32(42-40)30-17-9-15-27-26-12-5-7-19-35(26)44-38(27)30/h2*1-23H. The number of thiophene rings is 4. The molecule has 0 amide bonds. The number of nitrogens with zero attached hydrogens (tertiary/aromatic N) is 6. The number of rotatable bonds is 6. The van der Waals surface area contributed by atoms with Crippen molar-refractivity contribution in [1.29, 1.82) is 0 Å². The van der Waals surface area contributed by atoms with E-state index in [9.17, 15) is 0 Å². The van der Waals surface area contributed by atoms with Crippen LogP contribution in [-0.4, -0.2) is 29.1 Å². The van der Waals surface area contributed by atoms with E-state index >= 15 is 0 Å². The summed E-state index contributed by atoms with van der Waals surface area (Å²) in [4.78, 5) is 20.8. The predicted molar refractivity (Wildman–Crippen MR) is 386 cm³/mol. The van der Waals surface area contributed by atoms with Crippen molar-refractivity contribution >= 4 is 170 Å². The van der Waals surface area contributed by atoms with Crippen molar-refractivity contribution in [3.8, 4) is 56.8 Å². The monoisotopic (exact) mass is 1220 g/mol. The van der Waals surface area contributed by atoms with Gasteiger partial charge in [-0.15, -0.1) is 45.3 Å². The van der Waals surface area contributed by atoms with Crippen molar-refractivity contribution in [2.45, 2.75) is 0 Å². The van der Waals surface area contributed by atoms with Crippen molar-refractivity contribution < 1.29 is 0 Å². The van der Waals surface area contributed by atoms with Crippen molar-refractivity contribution in [2.75, 3.05) is 0 Å². The Kier molecular flexibility index (Phi) is 11.7. The Balaban J connectivity index is 0.000000130. The molecule has 0 spiro atoms. The molecule has 20 aromatic rings. The second kappa shape index (κ2) is 20.4. The number of fused-ring (bicyclic) bond motifs is 20. The Morgan fingerprint density at radius 1 is 0.244 bits per heavy atom. The molecule has 0 fully saturated rings. The topological polar surface area (TPSA) is 61.4 Å². The highest BCUT2D eigenvalue weighted by atomic mass is 32.1. The molecule has 420 valence electrons. The maximum Gasteiger partial charge on any atom is 0.235 e. The van der Waals surface area contributed by atoms with Crippen molar-refractivity contribution in [2.24, 2.45) is 0 Å². The van der Waals surface area contributed by atoms with Crippen LogP contribution in [0.5, 0.6) is 0 Å². The highest BCUT2D eigenvalue weighted by Crippen LogP contribution is 2.48. The van der Waals surface area contributed by atoms with Gasteiger partial charge in [0.2, 0.25) is 11.9 Å². The van der Waals surface area contributed by atoms with Gasteiger partial charge in [-0.25, -0.2) is 19.9 Å². The smallest absolute Gasteiger partial charge is 0.235 e. The number of hydrogen-bond donors (Lipinski definition) is 0. The highest BCUT2D eigenvalue weighted by molar-refractivity contribution is 7.28. The van der Waals surface area contributed by atoms with Crippen molar-refractivity contribution in [3.63, 3.8) is 0 Å². The van der Waals surface area contributed by atoms with E-state index in [1.54, 1.807) is 0 Å². The van der Waals surface area contributed by atoms with E-state index in [4.69, 9.17) is 19.9 Å². The molecule has 8 aromatic heterocycles. The van der Waals surface area contributed by atoms with Gasteiger partial charge in [-0.1, -0.05) is 218 Å². The highest BCUT2D eigenvalue weighted by Gasteiger charge is 2.24. The second-order valence-electron chi connectivity index (χ2n) is 22.7. The summed E-state index contributed by atoms with van der Waals surface area (Å²) < 4.78 is 14.8. The Bertz CT molecular complexity index is 6300. The Morgan fingerprint density at radius 3 is 1.23 bits per heavy atom. The molecule has 0 saturated carbocycles. The Hall–Kier alpha value is -10.7. The van der Waals surface area contributed by atoms with Gasteiger partial charge in [0.15, 0.2) is 0 Å². The predicted octanol–water partition coefficient (Wildman–Crippen LogP) is 23.3. The van der Waals surface area contributed by atoms with Crippen LogP contribution in [0.15, 0.2) is 279 Å². The molecule has 0 unspecified atom stereocenters. The number of benzene rings is 12. The summed E-state index contributed by atoms with van der Waals surface area (Å²) in [5, 5.41) is 15.2. The summed E-state index contributed by atoms with van der Waals surface area (Å²) in [6, 6.07) is 97.5. The van der Waals surface area contributed by atoms with E-state index < -0.39 is 0 Å². The maximum atomic E-state index is 5.38. The Morgan fingerprint density at radius 2 is 0.644 bits per heavy atom. The third-order valence-electron chi connectivity index (χ3n) is 17.8. The first-order chi connectivity index (χ1) is 44.6. The van der Waals surface area contributed by atoms with E-state index in [0.717, 1.165) is 55.8 Å². The molecule has 0 aliphatic carbocycles. The molecule has 0 N–H and O–H groups in total. The first-order valence-electron chi connectivity index (χ1n) is 30.0. The minimum Gasteiger partial charge on any atom is -0.278 e. The van der Waals surface area contributed by atoms with Crippen molar-refractivity contribution in [3.05, 3.63) is 279 Å². The van der Waals surface area contributed by atoms with E-state index in [0.29, 0.717) is 11.9 Å². The molecule has 10 heteroatoms. The van der Waals surface area contributed by atoms with Gasteiger partial charge in [0, 0.05) is 125 Å². The molecule has 6 nitrogen and oxygen atoms in total. The quantitative estimate of drug-likeness (QED) is 0.166. The molecule has 0 aliphatic rings. The van der Waals surface area contributed by atoms with Gasteiger partial charge < -0.3 is 0 Å². The molecular weight excluding hydrogens is 1170 g/mol. The lowest BCUT2D eigenvalue weighted by Crippen LogP contribution is -2.04. The first-order valence-corrected chi connectivity index (χ1v) is 33.3. The lowest BCUT2D eigenvalue weighted by atomic mass is 10.0. The van der Waals surface area contributed by atoms with Gasteiger partial charge in [-0.05, 0) is 65.7 Å². The SMILES string of the molecule is c1ccc(-c2cc(-c3cccc4c3sc3ccccc34)nc(-n3c4ccccc4c4c5sc6ccccc6c5ccc43)n2)cc1.c1ccc(-c2cccc3c2sc2c3ccc3c2c2ccccc2n3-c2nccc(-c3cccc4c3sc3ccccc34)n2)cc1. The van der Waals surface area contributed by atoms with E-state index in [1.807, 2.05) is 63.7 Å². The molecular formula is C80H46N6S4. The van der Waals surface area contributed by atoms with Crippen LogP contribution in [0.3, 0.4) is 0 Å². The molecule has 0 bridgehead atoms. The van der Waals surface area contributed by atoms with Gasteiger partial charge >= 0.3 is 0 Å². The Labute approximate surface area is 530 Å². The van der Waals surface area contributed by atoms with Crippen LogP contribution in [0.25, 0.3) is 181 Å². The average molecular weight is 1220 g/mol. The summed E-state index contributed by atoms with van der Waals surface area (Å²) >= 11 is 7.41. The van der Waals surface area contributed by atoms with Crippen LogP contribution in [0.2, 0.25) is 0 Å². The minimum absolute atomic E-state index is 0.677. The molecule has 0 saturated heterocycles. The van der Waals surface area contributed by atoms with Gasteiger partial charge in [-0.3, -0.25) is 9.13 Å². The first kappa shape index (κ1) is 51.3. The third kappa shape index (κ3) is 7.92. The lowest BCUT2D eigenvalue weighted by Gasteiger charge is -2.12. The second-order valence-corrected chi connectivity index (χ2v) is 26.9. The van der Waals surface area contributed by atoms with Gasteiger partial charge in [0.05, 0.1) is 39.1 Å².